The first-order valence-electron chi connectivity index (χ1n) is 10.9. The van der Waals surface area contributed by atoms with E-state index in [4.69, 9.17) is 21.3 Å². The monoisotopic (exact) mass is 492 g/mol. The second kappa shape index (κ2) is 7.85. The van der Waals surface area contributed by atoms with Crippen molar-refractivity contribution in [1.82, 2.24) is 19.1 Å². The lowest BCUT2D eigenvalue weighted by molar-refractivity contribution is 0.414. The van der Waals surface area contributed by atoms with Crippen molar-refractivity contribution in [2.75, 3.05) is 7.11 Å². The number of rotatable bonds is 5. The second-order valence-corrected chi connectivity index (χ2v) is 10.0. The van der Waals surface area contributed by atoms with E-state index < -0.39 is 0 Å². The molecule has 0 bridgehead atoms. The molecule has 34 heavy (non-hydrogen) atoms. The maximum absolute atomic E-state index is 14.0. The summed E-state index contributed by atoms with van der Waals surface area (Å²) in [6.45, 7) is 0.320. The molecule has 1 saturated carbocycles. The zero-order valence-corrected chi connectivity index (χ0v) is 20.2. The van der Waals surface area contributed by atoms with Crippen LogP contribution in [0.3, 0.4) is 0 Å². The molecule has 2 aromatic carbocycles. The smallest absolute Gasteiger partial charge is 0.263 e. The predicted molar refractivity (Wildman–Crippen MR) is 134 cm³/mol. The number of imidazole rings is 1. The van der Waals surface area contributed by atoms with Crippen molar-refractivity contribution in [3.63, 3.8) is 0 Å². The average molecular weight is 493 g/mol. The summed E-state index contributed by atoms with van der Waals surface area (Å²) in [5, 5.41) is 11.9. The molecule has 0 spiro atoms. The van der Waals surface area contributed by atoms with Gasteiger partial charge in [-0.15, -0.1) is 11.3 Å². The van der Waals surface area contributed by atoms with Gasteiger partial charge in [0.1, 0.15) is 16.4 Å². The standard InChI is InChI=1S/C25H21ClN4O3S/c1-29-12-27-10-14(29)11-30-23(16-6-5-15(33-2)9-18(16)13-3-4-13)28-24-20(25(30)32)17-7-8-19(26)21(31)22(17)34-24/h5-10,12-13,31H,3-4,11H2,1-2H3. The Morgan fingerprint density at radius 2 is 2.09 bits per heavy atom. The Bertz CT molecular complexity index is 1650. The first-order chi connectivity index (χ1) is 16.5. The second-order valence-electron chi connectivity index (χ2n) is 8.60. The van der Waals surface area contributed by atoms with Crippen LogP contribution < -0.4 is 10.3 Å². The van der Waals surface area contributed by atoms with Crippen LogP contribution in [0.25, 0.3) is 31.7 Å². The van der Waals surface area contributed by atoms with E-state index in [1.54, 1.807) is 36.3 Å². The first kappa shape index (κ1) is 21.2. The number of phenols is 1. The Balaban J connectivity index is 1.68. The molecule has 0 atom stereocenters. The third kappa shape index (κ3) is 3.28. The van der Waals surface area contributed by atoms with Crippen molar-refractivity contribution in [3.8, 4) is 22.9 Å². The highest BCUT2D eigenvalue weighted by molar-refractivity contribution is 7.25. The van der Waals surface area contributed by atoms with E-state index in [2.05, 4.69) is 4.98 Å². The van der Waals surface area contributed by atoms with Gasteiger partial charge in [-0.25, -0.2) is 9.97 Å². The Labute approximate surface area is 203 Å². The largest absolute Gasteiger partial charge is 0.505 e. The molecule has 1 aliphatic rings. The van der Waals surface area contributed by atoms with Crippen LogP contribution in [-0.4, -0.2) is 31.3 Å². The molecule has 1 aliphatic carbocycles. The van der Waals surface area contributed by atoms with E-state index in [0.717, 1.165) is 35.4 Å². The molecule has 172 valence electrons. The van der Waals surface area contributed by atoms with E-state index in [9.17, 15) is 9.90 Å². The number of thiophene rings is 1. The Hall–Kier alpha value is -3.36. The number of hydrogen-bond acceptors (Lipinski definition) is 6. The molecule has 0 aliphatic heterocycles. The first-order valence-corrected chi connectivity index (χ1v) is 12.1. The van der Waals surface area contributed by atoms with Crippen LogP contribution in [0.5, 0.6) is 11.5 Å². The number of fused-ring (bicyclic) bond motifs is 3. The highest BCUT2D eigenvalue weighted by Gasteiger charge is 2.29. The number of benzene rings is 2. The number of aromatic hydroxyl groups is 1. The quantitative estimate of drug-likeness (QED) is 0.360. The number of hydrogen-bond donors (Lipinski definition) is 1. The van der Waals surface area contributed by atoms with Crippen LogP contribution in [0.4, 0.5) is 0 Å². The zero-order chi connectivity index (χ0) is 23.6. The third-order valence-electron chi connectivity index (χ3n) is 6.44. The molecule has 9 heteroatoms. The van der Waals surface area contributed by atoms with Crippen molar-refractivity contribution in [2.45, 2.75) is 25.3 Å². The Morgan fingerprint density at radius 3 is 2.79 bits per heavy atom. The normalized spacial score (nSPS) is 13.7. The highest BCUT2D eigenvalue weighted by Crippen LogP contribution is 2.46. The Kier molecular flexibility index (Phi) is 4.89. The minimum atomic E-state index is -0.160. The summed E-state index contributed by atoms with van der Waals surface area (Å²) in [5.74, 6) is 1.78. The molecule has 6 rings (SSSR count). The van der Waals surface area contributed by atoms with Crippen LogP contribution in [0.2, 0.25) is 5.02 Å². The van der Waals surface area contributed by atoms with Crippen molar-refractivity contribution in [2.24, 2.45) is 7.05 Å². The topological polar surface area (TPSA) is 82.2 Å². The van der Waals surface area contributed by atoms with Crippen molar-refractivity contribution in [3.05, 3.63) is 69.5 Å². The molecule has 1 fully saturated rings. The van der Waals surface area contributed by atoms with Gasteiger partial charge in [-0.05, 0) is 48.6 Å². The van der Waals surface area contributed by atoms with Gasteiger partial charge in [-0.3, -0.25) is 9.36 Å². The van der Waals surface area contributed by atoms with E-state index in [0.29, 0.717) is 38.6 Å². The zero-order valence-electron chi connectivity index (χ0n) is 18.6. The molecule has 1 N–H and O–H groups in total. The van der Waals surface area contributed by atoms with Crippen LogP contribution in [-0.2, 0) is 13.6 Å². The minimum absolute atomic E-state index is 0.0237. The minimum Gasteiger partial charge on any atom is -0.505 e. The number of phenolic OH excluding ortho intramolecular Hbond substituents is 1. The molecule has 5 aromatic rings. The summed E-state index contributed by atoms with van der Waals surface area (Å²) in [7, 11) is 3.56. The Morgan fingerprint density at radius 1 is 1.26 bits per heavy atom. The number of aryl methyl sites for hydroxylation is 1. The molecule has 0 unspecified atom stereocenters. The number of halogens is 1. The van der Waals surface area contributed by atoms with Gasteiger partial charge < -0.3 is 14.4 Å². The summed E-state index contributed by atoms with van der Waals surface area (Å²) in [6, 6.07) is 9.33. The molecular formula is C25H21ClN4O3S. The average Bonchev–Trinajstić information content (AvgIpc) is 3.50. The SMILES string of the molecule is COc1ccc(-c2nc3sc4c(O)c(Cl)ccc4c3c(=O)n2Cc2cncn2C)c(C2CC2)c1. The fraction of sp³-hybridized carbons (Fsp3) is 0.240. The van der Waals surface area contributed by atoms with Gasteiger partial charge in [0.25, 0.3) is 5.56 Å². The number of ether oxygens (including phenoxy) is 1. The van der Waals surface area contributed by atoms with Crippen molar-refractivity contribution in [1.29, 1.82) is 0 Å². The molecule has 7 nitrogen and oxygen atoms in total. The van der Waals surface area contributed by atoms with Crippen molar-refractivity contribution < 1.29 is 9.84 Å². The summed E-state index contributed by atoms with van der Waals surface area (Å²) >= 11 is 7.43. The lowest BCUT2D eigenvalue weighted by atomic mass is 10.0. The van der Waals surface area contributed by atoms with Gasteiger partial charge in [-0.2, -0.15) is 0 Å². The van der Waals surface area contributed by atoms with Crippen molar-refractivity contribution >= 4 is 43.2 Å². The summed E-state index contributed by atoms with van der Waals surface area (Å²) in [5.41, 5.74) is 2.78. The fourth-order valence-electron chi connectivity index (χ4n) is 4.44. The van der Waals surface area contributed by atoms with E-state index >= 15 is 0 Å². The van der Waals surface area contributed by atoms with Crippen LogP contribution in [0, 0.1) is 0 Å². The van der Waals surface area contributed by atoms with Crippen LogP contribution in [0.1, 0.15) is 30.0 Å². The maximum Gasteiger partial charge on any atom is 0.263 e. The molecule has 0 radical (unpaired) electrons. The lowest BCUT2D eigenvalue weighted by Crippen LogP contribution is -2.25. The fourth-order valence-corrected chi connectivity index (χ4v) is 5.76. The summed E-state index contributed by atoms with van der Waals surface area (Å²) < 4.78 is 9.65. The molecule has 0 saturated heterocycles. The van der Waals surface area contributed by atoms with Gasteiger partial charge in [0.2, 0.25) is 0 Å². The third-order valence-corrected chi connectivity index (χ3v) is 7.85. The number of methoxy groups -OCH3 is 1. The predicted octanol–water partition coefficient (Wildman–Crippen LogP) is 5.31. The van der Waals surface area contributed by atoms with Gasteiger partial charge in [-0.1, -0.05) is 17.7 Å². The summed E-state index contributed by atoms with van der Waals surface area (Å²) in [4.78, 5) is 23.8. The number of nitrogens with zero attached hydrogens (tertiary/aromatic N) is 4. The van der Waals surface area contributed by atoms with E-state index in [-0.39, 0.29) is 16.3 Å². The summed E-state index contributed by atoms with van der Waals surface area (Å²) in [6.07, 6.45) is 5.68. The maximum atomic E-state index is 14.0. The van der Waals surface area contributed by atoms with Crippen LogP contribution >= 0.6 is 22.9 Å². The van der Waals surface area contributed by atoms with E-state index in [1.165, 1.54) is 11.3 Å². The highest BCUT2D eigenvalue weighted by atomic mass is 35.5. The molecule has 3 aromatic heterocycles. The molecule has 0 amide bonds. The molecular weight excluding hydrogens is 472 g/mol. The van der Waals surface area contributed by atoms with Crippen LogP contribution in [0.15, 0.2) is 47.7 Å². The van der Waals surface area contributed by atoms with Gasteiger partial charge in [0, 0.05) is 24.2 Å². The number of aromatic nitrogens is 4. The lowest BCUT2D eigenvalue weighted by Gasteiger charge is -2.16. The van der Waals surface area contributed by atoms with Gasteiger partial charge in [0.05, 0.1) is 40.8 Å². The van der Waals surface area contributed by atoms with E-state index in [1.807, 2.05) is 29.8 Å². The van der Waals surface area contributed by atoms with Gasteiger partial charge >= 0.3 is 0 Å². The molecule has 3 heterocycles. The van der Waals surface area contributed by atoms with Gasteiger partial charge in [0.15, 0.2) is 5.75 Å².